The molecule has 1 N–H and O–H groups in total. The summed E-state index contributed by atoms with van der Waals surface area (Å²) in [5.41, 5.74) is 1.47. The first kappa shape index (κ1) is 11.0. The van der Waals surface area contributed by atoms with Crippen LogP contribution in [0.3, 0.4) is 0 Å². The van der Waals surface area contributed by atoms with E-state index in [4.69, 9.17) is 0 Å². The average molecular weight is 256 g/mol. The van der Waals surface area contributed by atoms with Gasteiger partial charge in [0.25, 0.3) is 5.91 Å². The normalized spacial score (nSPS) is 26.5. The summed E-state index contributed by atoms with van der Waals surface area (Å²) in [4.78, 5) is 17.0. The predicted octanol–water partition coefficient (Wildman–Crippen LogP) is 1.44. The molecule has 0 radical (unpaired) electrons. The van der Waals surface area contributed by atoms with Gasteiger partial charge in [0.1, 0.15) is 0 Å². The monoisotopic (exact) mass is 256 g/mol. The van der Waals surface area contributed by atoms with Crippen LogP contribution in [-0.4, -0.2) is 51.7 Å². The predicted molar refractivity (Wildman–Crippen MR) is 71.7 cm³/mol. The molecular weight excluding hydrogens is 240 g/mol. The quantitative estimate of drug-likeness (QED) is 0.840. The Labute approximate surface area is 111 Å². The van der Waals surface area contributed by atoms with Gasteiger partial charge >= 0.3 is 0 Å². The maximum atomic E-state index is 12.7. The molecule has 2 bridgehead atoms. The first-order chi connectivity index (χ1) is 9.25. The van der Waals surface area contributed by atoms with Crippen molar-refractivity contribution in [3.05, 3.63) is 30.0 Å². The van der Waals surface area contributed by atoms with Crippen LogP contribution in [-0.2, 0) is 0 Å². The van der Waals surface area contributed by atoms with Gasteiger partial charge in [-0.25, -0.2) is 0 Å². The van der Waals surface area contributed by atoms with E-state index in [1.54, 1.807) is 0 Å². The van der Waals surface area contributed by atoms with E-state index in [1.165, 1.54) is 6.42 Å². The minimum atomic E-state index is 0.0523. The van der Waals surface area contributed by atoms with Gasteiger partial charge in [-0.1, -0.05) is 18.2 Å². The van der Waals surface area contributed by atoms with Crippen LogP contribution in [0.25, 0.3) is 10.9 Å². The number of nitrogens with one attached hydrogen (secondary N) is 1. The Kier molecular flexibility index (Phi) is 2.20. The van der Waals surface area contributed by atoms with Crippen LogP contribution < -0.4 is 0 Å². The minimum absolute atomic E-state index is 0.0523. The van der Waals surface area contributed by atoms with E-state index in [0.717, 1.165) is 23.9 Å². The second kappa shape index (κ2) is 3.81. The summed E-state index contributed by atoms with van der Waals surface area (Å²) in [6.45, 7) is 0.835. The lowest BCUT2D eigenvalue weighted by atomic mass is 10.1. The number of amides is 1. The molecule has 2 aromatic rings. The number of nitrogens with zero attached hydrogens (tertiary/aromatic N) is 3. The van der Waals surface area contributed by atoms with Gasteiger partial charge in [0, 0.05) is 18.0 Å². The molecule has 1 aromatic carbocycles. The maximum absolute atomic E-state index is 12.7. The second-order valence-corrected chi connectivity index (χ2v) is 5.45. The molecule has 5 heteroatoms. The van der Waals surface area contributed by atoms with Crippen molar-refractivity contribution in [3.8, 4) is 0 Å². The Morgan fingerprint density at radius 3 is 2.95 bits per heavy atom. The van der Waals surface area contributed by atoms with E-state index in [1.807, 2.05) is 29.2 Å². The molecule has 98 valence electrons. The number of H-pyrrole nitrogens is 1. The fraction of sp³-hybridized carbons (Fsp3) is 0.429. The summed E-state index contributed by atoms with van der Waals surface area (Å²) in [6, 6.07) is 8.31. The first-order valence-corrected chi connectivity index (χ1v) is 6.72. The third-order valence-corrected chi connectivity index (χ3v) is 4.51. The van der Waals surface area contributed by atoms with Crippen LogP contribution >= 0.6 is 0 Å². The van der Waals surface area contributed by atoms with Crippen LogP contribution in [0.15, 0.2) is 24.3 Å². The second-order valence-electron chi connectivity index (χ2n) is 5.45. The van der Waals surface area contributed by atoms with Crippen molar-refractivity contribution in [1.29, 1.82) is 0 Å². The maximum Gasteiger partial charge on any atom is 0.276 e. The number of carbonyl (C=O) groups excluding carboxylic acids is 1. The third-order valence-electron chi connectivity index (χ3n) is 4.51. The molecule has 1 amide bonds. The molecule has 2 aliphatic rings. The standard InChI is InChI=1S/C14H16N4O/c1-17-9-6-7-12(17)18(8-9)14(19)13-10-4-2-3-5-11(10)15-16-13/h2-5,9,12H,6-8H2,1H3,(H,15,16). The minimum Gasteiger partial charge on any atom is -0.320 e. The van der Waals surface area contributed by atoms with Crippen LogP contribution in [0.2, 0.25) is 0 Å². The van der Waals surface area contributed by atoms with Crippen LogP contribution in [0.5, 0.6) is 0 Å². The molecule has 19 heavy (non-hydrogen) atoms. The molecule has 1 aromatic heterocycles. The molecule has 0 spiro atoms. The highest BCUT2D eigenvalue weighted by Gasteiger charge is 2.45. The van der Waals surface area contributed by atoms with Crippen molar-refractivity contribution < 1.29 is 4.79 Å². The molecule has 2 saturated heterocycles. The highest BCUT2D eigenvalue weighted by molar-refractivity contribution is 6.04. The summed E-state index contributed by atoms with van der Waals surface area (Å²) in [5.74, 6) is 0.0523. The number of likely N-dealkylation sites (N-methyl/N-ethyl adjacent to an activating group) is 1. The van der Waals surface area contributed by atoms with Crippen LogP contribution in [0, 0.1) is 0 Å². The summed E-state index contributed by atoms with van der Waals surface area (Å²) in [5, 5.41) is 8.07. The van der Waals surface area contributed by atoms with E-state index < -0.39 is 0 Å². The first-order valence-electron chi connectivity index (χ1n) is 6.72. The zero-order chi connectivity index (χ0) is 13.0. The van der Waals surface area contributed by atoms with E-state index in [2.05, 4.69) is 22.1 Å². The van der Waals surface area contributed by atoms with E-state index in [9.17, 15) is 4.79 Å². The molecule has 2 unspecified atom stereocenters. The summed E-state index contributed by atoms with van der Waals surface area (Å²) in [6.07, 6.45) is 2.54. The fourth-order valence-corrected chi connectivity index (χ4v) is 3.42. The molecule has 3 heterocycles. The Morgan fingerprint density at radius 2 is 2.21 bits per heavy atom. The molecule has 0 aliphatic carbocycles. The van der Waals surface area contributed by atoms with E-state index in [0.29, 0.717) is 11.7 Å². The number of carbonyl (C=O) groups is 1. The van der Waals surface area contributed by atoms with Crippen molar-refractivity contribution in [3.63, 3.8) is 0 Å². The SMILES string of the molecule is CN1C2CCC1N(C(=O)c1n[nH]c3ccccc13)C2. The number of piperidine rings is 1. The third kappa shape index (κ3) is 1.45. The molecule has 2 fully saturated rings. The van der Waals surface area contributed by atoms with Crippen molar-refractivity contribution in [2.45, 2.75) is 25.0 Å². The zero-order valence-electron chi connectivity index (χ0n) is 10.8. The molecule has 4 rings (SSSR count). The van der Waals surface area contributed by atoms with Crippen molar-refractivity contribution in [2.24, 2.45) is 0 Å². The molecule has 2 atom stereocenters. The molecular formula is C14H16N4O. The summed E-state index contributed by atoms with van der Waals surface area (Å²) >= 11 is 0. The lowest BCUT2D eigenvalue weighted by Gasteiger charge is -2.25. The highest BCUT2D eigenvalue weighted by Crippen LogP contribution is 2.34. The van der Waals surface area contributed by atoms with Gasteiger partial charge in [-0.3, -0.25) is 14.8 Å². The number of hydrogen-bond acceptors (Lipinski definition) is 3. The average Bonchev–Trinajstić information content (AvgIpc) is 3.11. The number of para-hydroxylation sites is 1. The lowest BCUT2D eigenvalue weighted by molar-refractivity contribution is 0.0658. The number of likely N-dealkylation sites (tertiary alicyclic amines) is 1. The Bertz CT molecular complexity index is 650. The van der Waals surface area contributed by atoms with Gasteiger partial charge in [-0.15, -0.1) is 0 Å². The number of aromatic amines is 1. The number of rotatable bonds is 1. The van der Waals surface area contributed by atoms with Gasteiger partial charge < -0.3 is 4.90 Å². The van der Waals surface area contributed by atoms with E-state index in [-0.39, 0.29) is 12.1 Å². The number of fused-ring (bicyclic) bond motifs is 3. The smallest absolute Gasteiger partial charge is 0.276 e. The van der Waals surface area contributed by atoms with Gasteiger partial charge in [0.05, 0.1) is 11.7 Å². The van der Waals surface area contributed by atoms with E-state index >= 15 is 0 Å². The van der Waals surface area contributed by atoms with Crippen molar-refractivity contribution in [2.75, 3.05) is 13.6 Å². The highest BCUT2D eigenvalue weighted by atomic mass is 16.2. The topological polar surface area (TPSA) is 52.2 Å². The van der Waals surface area contributed by atoms with Gasteiger partial charge in [0.2, 0.25) is 0 Å². The van der Waals surface area contributed by atoms with Gasteiger partial charge in [0.15, 0.2) is 5.69 Å². The molecule has 0 saturated carbocycles. The van der Waals surface area contributed by atoms with Crippen molar-refractivity contribution in [1.82, 2.24) is 20.0 Å². The number of hydrogen-bond donors (Lipinski definition) is 1. The summed E-state index contributed by atoms with van der Waals surface area (Å²) < 4.78 is 0. The van der Waals surface area contributed by atoms with Gasteiger partial charge in [-0.05, 0) is 26.0 Å². The Balaban J connectivity index is 1.71. The van der Waals surface area contributed by atoms with Gasteiger partial charge in [-0.2, -0.15) is 5.10 Å². The largest absolute Gasteiger partial charge is 0.320 e. The summed E-state index contributed by atoms with van der Waals surface area (Å²) in [7, 11) is 2.11. The Morgan fingerprint density at radius 1 is 1.37 bits per heavy atom. The number of benzene rings is 1. The number of aromatic nitrogens is 2. The molecule has 5 nitrogen and oxygen atoms in total. The Hall–Kier alpha value is -1.88. The van der Waals surface area contributed by atoms with Crippen LogP contribution in [0.1, 0.15) is 23.3 Å². The lowest BCUT2D eigenvalue weighted by Crippen LogP contribution is -2.40. The zero-order valence-corrected chi connectivity index (χ0v) is 10.8. The fourth-order valence-electron chi connectivity index (χ4n) is 3.42. The van der Waals surface area contributed by atoms with Crippen LogP contribution in [0.4, 0.5) is 0 Å². The van der Waals surface area contributed by atoms with Crippen molar-refractivity contribution >= 4 is 16.8 Å². The molecule has 2 aliphatic heterocycles.